The van der Waals surface area contributed by atoms with Gasteiger partial charge in [0, 0.05) is 28.8 Å². The zero-order chi connectivity index (χ0) is 15.2. The number of nitrogens with two attached hydrogens (primary N) is 1. The van der Waals surface area contributed by atoms with Gasteiger partial charge in [-0.05, 0) is 37.1 Å². The van der Waals surface area contributed by atoms with Crippen molar-refractivity contribution in [2.75, 3.05) is 0 Å². The van der Waals surface area contributed by atoms with Crippen molar-refractivity contribution in [2.45, 2.75) is 39.3 Å². The highest BCUT2D eigenvalue weighted by atomic mass is 32.1. The van der Waals surface area contributed by atoms with Crippen LogP contribution in [0, 0.1) is 6.92 Å². The van der Waals surface area contributed by atoms with Crippen molar-refractivity contribution in [1.82, 2.24) is 5.32 Å². The third-order valence-electron chi connectivity index (χ3n) is 3.40. The molecular weight excluding hydrogens is 280 g/mol. The molecule has 0 saturated carbocycles. The lowest BCUT2D eigenvalue weighted by Gasteiger charge is -2.14. The highest BCUT2D eigenvalue weighted by Gasteiger charge is 2.11. The van der Waals surface area contributed by atoms with Crippen LogP contribution >= 0.6 is 11.3 Å². The van der Waals surface area contributed by atoms with E-state index in [9.17, 15) is 4.79 Å². The number of nitrogens with one attached hydrogen (secondary N) is 1. The van der Waals surface area contributed by atoms with Crippen molar-refractivity contribution < 1.29 is 4.79 Å². The molecule has 0 radical (unpaired) electrons. The summed E-state index contributed by atoms with van der Waals surface area (Å²) in [6, 6.07) is 12.2. The van der Waals surface area contributed by atoms with Crippen molar-refractivity contribution in [3.8, 4) is 0 Å². The Morgan fingerprint density at radius 1 is 1.24 bits per heavy atom. The summed E-state index contributed by atoms with van der Waals surface area (Å²) >= 11 is 1.79. The third-order valence-corrected chi connectivity index (χ3v) is 4.42. The van der Waals surface area contributed by atoms with Gasteiger partial charge < -0.3 is 11.1 Å². The van der Waals surface area contributed by atoms with E-state index in [0.717, 1.165) is 17.5 Å². The van der Waals surface area contributed by atoms with E-state index in [4.69, 9.17) is 5.73 Å². The lowest BCUT2D eigenvalue weighted by Crippen LogP contribution is -2.35. The lowest BCUT2D eigenvalue weighted by molar-refractivity contribution is -0.121. The maximum Gasteiger partial charge on any atom is 0.224 e. The first-order chi connectivity index (χ1) is 10.1. The average molecular weight is 302 g/mol. The predicted octanol–water partition coefficient (Wildman–Crippen LogP) is 2.81. The quantitative estimate of drug-likeness (QED) is 0.862. The van der Waals surface area contributed by atoms with Crippen LogP contribution in [0.5, 0.6) is 0 Å². The fraction of sp³-hybridized carbons (Fsp3) is 0.353. The molecule has 3 N–H and O–H groups in total. The Kier molecular flexibility index (Phi) is 5.53. The van der Waals surface area contributed by atoms with Crippen LogP contribution in [0.1, 0.15) is 27.8 Å². The van der Waals surface area contributed by atoms with Gasteiger partial charge in [0.2, 0.25) is 5.91 Å². The van der Waals surface area contributed by atoms with Crippen LogP contribution in [0.2, 0.25) is 0 Å². The fourth-order valence-corrected chi connectivity index (χ4v) is 3.39. The van der Waals surface area contributed by atoms with Crippen LogP contribution in [0.15, 0.2) is 36.4 Å². The van der Waals surface area contributed by atoms with Gasteiger partial charge in [0.25, 0.3) is 0 Å². The Hall–Kier alpha value is -1.65. The largest absolute Gasteiger partial charge is 0.353 e. The van der Waals surface area contributed by atoms with Gasteiger partial charge in [0.1, 0.15) is 0 Å². The second-order valence-electron chi connectivity index (χ2n) is 5.33. The van der Waals surface area contributed by atoms with E-state index in [1.165, 1.54) is 9.75 Å². The van der Waals surface area contributed by atoms with E-state index in [0.29, 0.717) is 13.0 Å². The van der Waals surface area contributed by atoms with Gasteiger partial charge in [-0.1, -0.05) is 24.3 Å². The molecule has 0 saturated heterocycles. The van der Waals surface area contributed by atoms with Crippen LogP contribution in [0.3, 0.4) is 0 Å². The van der Waals surface area contributed by atoms with Gasteiger partial charge in [-0.15, -0.1) is 11.3 Å². The first-order valence-electron chi connectivity index (χ1n) is 7.20. The van der Waals surface area contributed by atoms with Crippen LogP contribution in [0.4, 0.5) is 0 Å². The molecule has 0 bridgehead atoms. The van der Waals surface area contributed by atoms with E-state index in [1.54, 1.807) is 11.3 Å². The Morgan fingerprint density at radius 2 is 1.95 bits per heavy atom. The van der Waals surface area contributed by atoms with Crippen molar-refractivity contribution >= 4 is 17.2 Å². The number of benzene rings is 1. The molecule has 1 heterocycles. The summed E-state index contributed by atoms with van der Waals surface area (Å²) in [5.74, 6) is 0.0525. The number of carbonyl (C=O) groups excluding carboxylic acids is 1. The predicted molar refractivity (Wildman–Crippen MR) is 88.4 cm³/mol. The molecule has 0 spiro atoms. The van der Waals surface area contributed by atoms with Gasteiger partial charge in [-0.3, -0.25) is 4.79 Å². The molecule has 1 atom stereocenters. The molecule has 3 nitrogen and oxygen atoms in total. The summed E-state index contributed by atoms with van der Waals surface area (Å²) in [7, 11) is 0. The monoisotopic (exact) mass is 302 g/mol. The molecule has 21 heavy (non-hydrogen) atoms. The molecular formula is C17H22N2OS. The molecule has 0 fully saturated rings. The zero-order valence-electron chi connectivity index (χ0n) is 12.6. The number of rotatable bonds is 6. The SMILES string of the molecule is Cc1ccc(CC(C)NC(=O)Cc2ccccc2CN)s1. The molecule has 0 aliphatic rings. The number of hydrogen-bond donors (Lipinski definition) is 2. The second-order valence-corrected chi connectivity index (χ2v) is 6.71. The van der Waals surface area contributed by atoms with Crippen molar-refractivity contribution in [2.24, 2.45) is 5.73 Å². The van der Waals surface area contributed by atoms with Gasteiger partial charge >= 0.3 is 0 Å². The van der Waals surface area contributed by atoms with Crippen LogP contribution in [-0.2, 0) is 24.2 Å². The average Bonchev–Trinajstić information content (AvgIpc) is 2.84. The Bertz CT molecular complexity index is 606. The number of amides is 1. The minimum atomic E-state index is 0.0525. The fourth-order valence-electron chi connectivity index (χ4n) is 2.38. The molecule has 2 aromatic rings. The molecule has 1 aromatic carbocycles. The third kappa shape index (κ3) is 4.69. The number of aryl methyl sites for hydroxylation is 1. The normalized spacial score (nSPS) is 12.1. The number of hydrogen-bond acceptors (Lipinski definition) is 3. The van der Waals surface area contributed by atoms with E-state index in [2.05, 4.69) is 24.4 Å². The van der Waals surface area contributed by atoms with Crippen LogP contribution < -0.4 is 11.1 Å². The maximum absolute atomic E-state index is 12.1. The Morgan fingerprint density at radius 3 is 2.57 bits per heavy atom. The summed E-state index contributed by atoms with van der Waals surface area (Å²) in [6.45, 7) is 4.61. The summed E-state index contributed by atoms with van der Waals surface area (Å²) < 4.78 is 0. The number of carbonyl (C=O) groups is 1. The van der Waals surface area contributed by atoms with Crippen molar-refractivity contribution in [3.63, 3.8) is 0 Å². The maximum atomic E-state index is 12.1. The van der Waals surface area contributed by atoms with Crippen molar-refractivity contribution in [3.05, 3.63) is 57.3 Å². The highest BCUT2D eigenvalue weighted by molar-refractivity contribution is 7.11. The number of thiophene rings is 1. The minimum absolute atomic E-state index is 0.0525. The highest BCUT2D eigenvalue weighted by Crippen LogP contribution is 2.16. The van der Waals surface area contributed by atoms with Gasteiger partial charge in [0.15, 0.2) is 0 Å². The molecule has 4 heteroatoms. The minimum Gasteiger partial charge on any atom is -0.353 e. The molecule has 2 rings (SSSR count). The second kappa shape index (κ2) is 7.38. The van der Waals surface area contributed by atoms with E-state index >= 15 is 0 Å². The van der Waals surface area contributed by atoms with E-state index in [-0.39, 0.29) is 11.9 Å². The zero-order valence-corrected chi connectivity index (χ0v) is 13.4. The van der Waals surface area contributed by atoms with Crippen LogP contribution in [0.25, 0.3) is 0 Å². The first kappa shape index (κ1) is 15.7. The standard InChI is InChI=1S/C17H22N2OS/c1-12(9-16-8-7-13(2)21-16)19-17(20)10-14-5-3-4-6-15(14)11-18/h3-8,12H,9-11,18H2,1-2H3,(H,19,20). The van der Waals surface area contributed by atoms with Gasteiger partial charge in [-0.2, -0.15) is 0 Å². The Labute approximate surface area is 130 Å². The molecule has 0 aliphatic carbocycles. The summed E-state index contributed by atoms with van der Waals surface area (Å²) in [5, 5.41) is 3.06. The molecule has 1 unspecified atom stereocenters. The topological polar surface area (TPSA) is 55.1 Å². The van der Waals surface area contributed by atoms with Crippen molar-refractivity contribution in [1.29, 1.82) is 0 Å². The molecule has 1 amide bonds. The lowest BCUT2D eigenvalue weighted by atomic mass is 10.0. The molecule has 1 aromatic heterocycles. The van der Waals surface area contributed by atoms with E-state index in [1.807, 2.05) is 31.2 Å². The smallest absolute Gasteiger partial charge is 0.224 e. The summed E-state index contributed by atoms with van der Waals surface area (Å²) in [4.78, 5) is 14.8. The van der Waals surface area contributed by atoms with Gasteiger partial charge in [0.05, 0.1) is 6.42 Å². The van der Waals surface area contributed by atoms with E-state index < -0.39 is 0 Å². The Balaban J connectivity index is 1.89. The van der Waals surface area contributed by atoms with Gasteiger partial charge in [-0.25, -0.2) is 0 Å². The van der Waals surface area contributed by atoms with Crippen LogP contribution in [-0.4, -0.2) is 11.9 Å². The first-order valence-corrected chi connectivity index (χ1v) is 8.01. The molecule has 0 aliphatic heterocycles. The summed E-state index contributed by atoms with van der Waals surface area (Å²) in [6.07, 6.45) is 1.27. The molecule has 112 valence electrons. The summed E-state index contributed by atoms with van der Waals surface area (Å²) in [5.41, 5.74) is 7.75.